The highest BCUT2D eigenvalue weighted by molar-refractivity contribution is 6.35. The largest absolute Gasteiger partial charge is 0.474 e. The molecule has 0 aromatic carbocycles. The Morgan fingerprint density at radius 3 is 2.65 bits per heavy atom. The lowest BCUT2D eigenvalue weighted by Gasteiger charge is -2.22. The minimum atomic E-state index is -0.612. The Kier molecular flexibility index (Phi) is 5.93. The number of aromatic nitrogens is 3. The third-order valence-corrected chi connectivity index (χ3v) is 5.63. The summed E-state index contributed by atoms with van der Waals surface area (Å²) < 4.78 is 13.3. The number of pyridine rings is 2. The quantitative estimate of drug-likeness (QED) is 0.431. The molecule has 6 nitrogen and oxygen atoms in total. The van der Waals surface area contributed by atoms with Crippen LogP contribution >= 0.6 is 11.6 Å². The number of hydrogen-bond acceptors (Lipinski definition) is 5. The van der Waals surface area contributed by atoms with Crippen molar-refractivity contribution in [2.75, 3.05) is 0 Å². The molecule has 3 aromatic rings. The van der Waals surface area contributed by atoms with Gasteiger partial charge in [0.2, 0.25) is 5.88 Å². The zero-order chi connectivity index (χ0) is 22.2. The Bertz CT molecular complexity index is 1110. The molecule has 0 bridgehead atoms. The van der Waals surface area contributed by atoms with Crippen molar-refractivity contribution in [1.29, 1.82) is 0 Å². The molecule has 0 spiro atoms. The first-order valence-electron chi connectivity index (χ1n) is 10.8. The number of ether oxygens (including phenoxy) is 2. The summed E-state index contributed by atoms with van der Waals surface area (Å²) in [5.74, 6) is 0.597. The fourth-order valence-electron chi connectivity index (χ4n) is 4.03. The van der Waals surface area contributed by atoms with Crippen LogP contribution < -0.4 is 4.74 Å². The SMILES string of the molecule is Cc1cc(-c2cn(C(=O)OC(C)(C)C)c3ccnc(Cl)c23)cc(OC2CCCCC2)n1. The van der Waals surface area contributed by atoms with Crippen LogP contribution in [-0.4, -0.2) is 32.3 Å². The monoisotopic (exact) mass is 441 g/mol. The normalized spacial score (nSPS) is 15.3. The van der Waals surface area contributed by atoms with Crippen molar-refractivity contribution in [2.24, 2.45) is 0 Å². The van der Waals surface area contributed by atoms with Crippen molar-refractivity contribution < 1.29 is 14.3 Å². The van der Waals surface area contributed by atoms with Crippen LogP contribution in [0, 0.1) is 6.92 Å². The third-order valence-electron chi connectivity index (χ3n) is 5.34. The smallest absolute Gasteiger partial charge is 0.419 e. The lowest BCUT2D eigenvalue weighted by Crippen LogP contribution is -2.26. The number of aryl methyl sites for hydroxylation is 1. The van der Waals surface area contributed by atoms with E-state index in [4.69, 9.17) is 21.1 Å². The lowest BCUT2D eigenvalue weighted by molar-refractivity contribution is 0.0544. The van der Waals surface area contributed by atoms with Crippen LogP contribution in [0.1, 0.15) is 58.6 Å². The van der Waals surface area contributed by atoms with Gasteiger partial charge in [-0.05, 0) is 71.1 Å². The topological polar surface area (TPSA) is 66.2 Å². The van der Waals surface area contributed by atoms with Gasteiger partial charge in [-0.25, -0.2) is 14.8 Å². The van der Waals surface area contributed by atoms with Gasteiger partial charge in [-0.1, -0.05) is 18.0 Å². The molecule has 0 N–H and O–H groups in total. The maximum Gasteiger partial charge on any atom is 0.419 e. The molecule has 0 saturated heterocycles. The average Bonchev–Trinajstić information content (AvgIpc) is 3.08. The van der Waals surface area contributed by atoms with E-state index in [1.807, 2.05) is 39.8 Å². The number of hydrogen-bond donors (Lipinski definition) is 0. The molecule has 1 aliphatic rings. The summed E-state index contributed by atoms with van der Waals surface area (Å²) >= 11 is 6.47. The zero-order valence-corrected chi connectivity index (χ0v) is 19.2. The van der Waals surface area contributed by atoms with Crippen LogP contribution in [-0.2, 0) is 4.74 Å². The van der Waals surface area contributed by atoms with Gasteiger partial charge in [0, 0.05) is 35.1 Å². The second-order valence-electron chi connectivity index (χ2n) is 9.10. The summed E-state index contributed by atoms with van der Waals surface area (Å²) in [5.41, 5.74) is 2.53. The second-order valence-corrected chi connectivity index (χ2v) is 9.46. The minimum Gasteiger partial charge on any atom is -0.474 e. The molecule has 1 aliphatic carbocycles. The van der Waals surface area contributed by atoms with Crippen LogP contribution in [0.4, 0.5) is 4.79 Å². The highest BCUT2D eigenvalue weighted by Crippen LogP contribution is 2.36. The molecule has 31 heavy (non-hydrogen) atoms. The van der Waals surface area contributed by atoms with Crippen molar-refractivity contribution >= 4 is 28.6 Å². The Hall–Kier alpha value is -2.60. The highest BCUT2D eigenvalue weighted by Gasteiger charge is 2.23. The molecule has 1 fully saturated rings. The average molecular weight is 442 g/mol. The van der Waals surface area contributed by atoms with Gasteiger partial charge < -0.3 is 9.47 Å². The van der Waals surface area contributed by atoms with Gasteiger partial charge in [0.25, 0.3) is 0 Å². The predicted molar refractivity (Wildman–Crippen MR) is 122 cm³/mol. The van der Waals surface area contributed by atoms with Crippen LogP contribution in [0.15, 0.2) is 30.6 Å². The molecule has 7 heteroatoms. The Morgan fingerprint density at radius 1 is 1.19 bits per heavy atom. The van der Waals surface area contributed by atoms with Gasteiger partial charge in [0.05, 0.1) is 5.52 Å². The molecular formula is C24H28ClN3O3. The van der Waals surface area contributed by atoms with Gasteiger partial charge in [-0.2, -0.15) is 0 Å². The number of nitrogens with zero attached hydrogens (tertiary/aromatic N) is 3. The first kappa shape index (κ1) is 21.6. The van der Waals surface area contributed by atoms with Crippen molar-refractivity contribution in [3.8, 4) is 17.0 Å². The molecule has 0 atom stereocenters. The number of carbonyl (C=O) groups is 1. The van der Waals surface area contributed by atoms with Crippen LogP contribution in [0.3, 0.4) is 0 Å². The standard InChI is InChI=1S/C24H28ClN3O3/c1-15-12-16(13-20(27-15)30-17-8-6-5-7-9-17)18-14-28(23(29)31-24(2,3)4)19-10-11-26-22(25)21(18)19/h10-14,17H,5-9H2,1-4H3. The Balaban J connectivity index is 1.78. The van der Waals surface area contributed by atoms with E-state index < -0.39 is 11.7 Å². The Morgan fingerprint density at radius 2 is 1.94 bits per heavy atom. The number of rotatable bonds is 3. The number of halogens is 1. The van der Waals surface area contributed by atoms with Crippen LogP contribution in [0.5, 0.6) is 5.88 Å². The van der Waals surface area contributed by atoms with E-state index in [9.17, 15) is 4.79 Å². The zero-order valence-electron chi connectivity index (χ0n) is 18.4. The fraction of sp³-hybridized carbons (Fsp3) is 0.458. The Labute approximate surface area is 187 Å². The van der Waals surface area contributed by atoms with E-state index in [0.717, 1.165) is 29.7 Å². The van der Waals surface area contributed by atoms with Crippen molar-refractivity contribution in [2.45, 2.75) is 71.5 Å². The molecule has 3 aromatic heterocycles. The van der Waals surface area contributed by atoms with Crippen LogP contribution in [0.25, 0.3) is 22.0 Å². The van der Waals surface area contributed by atoms with Crippen LogP contribution in [0.2, 0.25) is 5.15 Å². The van der Waals surface area contributed by atoms with E-state index >= 15 is 0 Å². The molecule has 0 unspecified atom stereocenters. The summed E-state index contributed by atoms with van der Waals surface area (Å²) in [5, 5.41) is 1.03. The first-order chi connectivity index (χ1) is 14.7. The molecule has 0 aliphatic heterocycles. The highest BCUT2D eigenvalue weighted by atomic mass is 35.5. The summed E-state index contributed by atoms with van der Waals surface area (Å²) in [7, 11) is 0. The second kappa shape index (κ2) is 8.50. The summed E-state index contributed by atoms with van der Waals surface area (Å²) in [6.45, 7) is 7.46. The van der Waals surface area contributed by atoms with E-state index in [1.165, 1.54) is 23.8 Å². The van der Waals surface area contributed by atoms with E-state index in [2.05, 4.69) is 9.97 Å². The van der Waals surface area contributed by atoms with Gasteiger partial charge in [0.1, 0.15) is 16.9 Å². The molecule has 0 amide bonds. The van der Waals surface area contributed by atoms with Gasteiger partial charge in [0.15, 0.2) is 0 Å². The summed E-state index contributed by atoms with van der Waals surface area (Å²) in [4.78, 5) is 21.7. The molecule has 3 heterocycles. The molecule has 164 valence electrons. The van der Waals surface area contributed by atoms with Gasteiger partial charge >= 0.3 is 6.09 Å². The number of carbonyl (C=O) groups excluding carboxylic acids is 1. The maximum absolute atomic E-state index is 12.9. The molecule has 4 rings (SSSR count). The lowest BCUT2D eigenvalue weighted by atomic mass is 9.98. The first-order valence-corrected chi connectivity index (χ1v) is 11.1. The maximum atomic E-state index is 12.9. The predicted octanol–water partition coefficient (Wildman–Crippen LogP) is 6.55. The fourth-order valence-corrected chi connectivity index (χ4v) is 4.28. The third kappa shape index (κ3) is 4.85. The van der Waals surface area contributed by atoms with Gasteiger partial charge in [-0.15, -0.1) is 0 Å². The molecule has 0 radical (unpaired) electrons. The summed E-state index contributed by atoms with van der Waals surface area (Å²) in [6, 6.07) is 5.65. The van der Waals surface area contributed by atoms with E-state index in [1.54, 1.807) is 18.5 Å². The van der Waals surface area contributed by atoms with E-state index in [-0.39, 0.29) is 6.10 Å². The van der Waals surface area contributed by atoms with Crippen molar-refractivity contribution in [3.05, 3.63) is 41.4 Å². The van der Waals surface area contributed by atoms with Crippen molar-refractivity contribution in [3.63, 3.8) is 0 Å². The molecule has 1 saturated carbocycles. The van der Waals surface area contributed by atoms with E-state index in [0.29, 0.717) is 21.9 Å². The molecular weight excluding hydrogens is 414 g/mol. The summed E-state index contributed by atoms with van der Waals surface area (Å²) in [6.07, 6.45) is 8.83. The van der Waals surface area contributed by atoms with Crippen molar-refractivity contribution in [1.82, 2.24) is 14.5 Å². The van der Waals surface area contributed by atoms with Gasteiger partial charge in [-0.3, -0.25) is 4.57 Å². The number of fused-ring (bicyclic) bond motifs is 1. The minimum absolute atomic E-state index is 0.198.